The third-order valence-corrected chi connectivity index (χ3v) is 9.58. The number of anilines is 3. The van der Waals surface area contributed by atoms with Gasteiger partial charge in [-0.1, -0.05) is 110 Å². The van der Waals surface area contributed by atoms with E-state index in [1.165, 1.54) is 11.8 Å². The summed E-state index contributed by atoms with van der Waals surface area (Å²) >= 11 is 1.44. The molecule has 0 radical (unpaired) electrons. The lowest BCUT2D eigenvalue weighted by Crippen LogP contribution is -2.34. The molecule has 1 unspecified atom stereocenters. The minimum Gasteiger partial charge on any atom is -0.489 e. The molecule has 0 aliphatic carbocycles. The van der Waals surface area contributed by atoms with Crippen LogP contribution in [0.25, 0.3) is 6.08 Å². The molecule has 0 spiro atoms. The molecule has 0 heterocycles. The number of thioether (sulfide) groups is 1. The summed E-state index contributed by atoms with van der Waals surface area (Å²) in [5.74, 6) is -0.276. The molecule has 7 nitrogen and oxygen atoms in total. The van der Waals surface area contributed by atoms with Gasteiger partial charge in [-0.05, 0) is 90.4 Å². The minimum absolute atomic E-state index is 0.0466. The Hall–Kier alpha value is -6.38. The Morgan fingerprint density at radius 3 is 1.89 bits per heavy atom. The molecule has 264 valence electrons. The standard InChI is InChI=1S/C45H39N3O4S/c1-2-42(45(51)48(37-21-11-5-12-22-37)38-23-13-6-14-24-38)53-40-25-15-20-36(31-40)46-44(50)41(47-43(49)35-18-9-4-10-19-35)30-33-26-28-39(29-27-33)52-32-34-16-7-3-8-17-34/h3-31,42H,2,32H2,1H3,(H,46,50)(H,47,49)/b41-30-. The van der Waals surface area contributed by atoms with Crippen molar-refractivity contribution in [2.45, 2.75) is 30.1 Å². The van der Waals surface area contributed by atoms with Gasteiger partial charge in [-0.25, -0.2) is 0 Å². The Bertz CT molecular complexity index is 2100. The van der Waals surface area contributed by atoms with Gasteiger partial charge in [-0.2, -0.15) is 0 Å². The lowest BCUT2D eigenvalue weighted by atomic mass is 10.1. The Morgan fingerprint density at radius 2 is 1.28 bits per heavy atom. The molecular weight excluding hydrogens is 679 g/mol. The van der Waals surface area contributed by atoms with Crippen LogP contribution in [0.5, 0.6) is 5.75 Å². The predicted molar refractivity (Wildman–Crippen MR) is 214 cm³/mol. The average molecular weight is 718 g/mol. The first-order valence-electron chi connectivity index (χ1n) is 17.3. The molecule has 6 aromatic rings. The van der Waals surface area contributed by atoms with Gasteiger partial charge in [0, 0.05) is 27.5 Å². The first-order valence-corrected chi connectivity index (χ1v) is 18.2. The van der Waals surface area contributed by atoms with Crippen LogP contribution >= 0.6 is 11.8 Å². The van der Waals surface area contributed by atoms with E-state index in [4.69, 9.17) is 4.74 Å². The fourth-order valence-electron chi connectivity index (χ4n) is 5.53. The fourth-order valence-corrected chi connectivity index (χ4v) is 6.58. The second kappa shape index (κ2) is 18.2. The summed E-state index contributed by atoms with van der Waals surface area (Å²) in [5.41, 5.74) is 4.34. The van der Waals surface area contributed by atoms with Crippen LogP contribution in [-0.4, -0.2) is 23.0 Å². The molecular formula is C45H39N3O4S. The highest BCUT2D eigenvalue weighted by molar-refractivity contribution is 8.00. The molecule has 0 aromatic heterocycles. The van der Waals surface area contributed by atoms with Crippen molar-refractivity contribution >= 4 is 52.6 Å². The van der Waals surface area contributed by atoms with Crippen molar-refractivity contribution in [2.75, 3.05) is 10.2 Å². The summed E-state index contributed by atoms with van der Waals surface area (Å²) in [5, 5.41) is 5.35. The number of benzene rings is 6. The average Bonchev–Trinajstić information content (AvgIpc) is 3.21. The van der Waals surface area contributed by atoms with E-state index in [1.807, 2.05) is 146 Å². The van der Waals surface area contributed by atoms with Crippen molar-refractivity contribution in [3.8, 4) is 5.75 Å². The topological polar surface area (TPSA) is 87.7 Å². The Kier molecular flexibility index (Phi) is 12.5. The van der Waals surface area contributed by atoms with E-state index in [-0.39, 0.29) is 11.6 Å². The largest absolute Gasteiger partial charge is 0.489 e. The second-order valence-electron chi connectivity index (χ2n) is 12.1. The maximum Gasteiger partial charge on any atom is 0.272 e. The van der Waals surface area contributed by atoms with Gasteiger partial charge in [-0.3, -0.25) is 19.3 Å². The summed E-state index contributed by atoms with van der Waals surface area (Å²) < 4.78 is 5.92. The van der Waals surface area contributed by atoms with Gasteiger partial charge in [0.15, 0.2) is 0 Å². The normalized spacial score (nSPS) is 11.6. The maximum absolute atomic E-state index is 14.1. The van der Waals surface area contributed by atoms with E-state index < -0.39 is 17.1 Å². The first kappa shape index (κ1) is 36.4. The summed E-state index contributed by atoms with van der Waals surface area (Å²) in [6, 6.07) is 52.5. The van der Waals surface area contributed by atoms with Gasteiger partial charge in [0.25, 0.3) is 11.8 Å². The molecule has 6 rings (SSSR count). The van der Waals surface area contributed by atoms with Crippen molar-refractivity contribution in [3.05, 3.63) is 192 Å². The molecule has 2 N–H and O–H groups in total. The molecule has 0 aliphatic heterocycles. The first-order chi connectivity index (χ1) is 26.0. The minimum atomic E-state index is -0.497. The predicted octanol–water partition coefficient (Wildman–Crippen LogP) is 9.91. The van der Waals surface area contributed by atoms with Crippen LogP contribution in [0.4, 0.5) is 17.1 Å². The molecule has 1 atom stereocenters. The van der Waals surface area contributed by atoms with Gasteiger partial charge in [-0.15, -0.1) is 11.8 Å². The van der Waals surface area contributed by atoms with Crippen molar-refractivity contribution in [3.63, 3.8) is 0 Å². The van der Waals surface area contributed by atoms with Gasteiger partial charge in [0.2, 0.25) is 5.91 Å². The highest BCUT2D eigenvalue weighted by Gasteiger charge is 2.27. The molecule has 8 heteroatoms. The maximum atomic E-state index is 14.1. The van der Waals surface area contributed by atoms with Crippen LogP contribution in [-0.2, 0) is 16.2 Å². The van der Waals surface area contributed by atoms with Crippen LogP contribution < -0.4 is 20.3 Å². The van der Waals surface area contributed by atoms with Crippen LogP contribution in [0.3, 0.4) is 0 Å². The molecule has 0 bridgehead atoms. The molecule has 53 heavy (non-hydrogen) atoms. The summed E-state index contributed by atoms with van der Waals surface area (Å²) in [6.45, 7) is 2.42. The molecule has 6 aromatic carbocycles. The molecule has 3 amide bonds. The molecule has 0 saturated carbocycles. The smallest absolute Gasteiger partial charge is 0.272 e. The van der Waals surface area contributed by atoms with Gasteiger partial charge in [0.1, 0.15) is 18.1 Å². The van der Waals surface area contributed by atoms with E-state index in [1.54, 1.807) is 41.3 Å². The van der Waals surface area contributed by atoms with E-state index in [9.17, 15) is 14.4 Å². The highest BCUT2D eigenvalue weighted by atomic mass is 32.2. The Balaban J connectivity index is 1.19. The van der Waals surface area contributed by atoms with Crippen molar-refractivity contribution in [1.29, 1.82) is 0 Å². The monoisotopic (exact) mass is 717 g/mol. The fraction of sp³-hybridized carbons (Fsp3) is 0.0889. The number of amides is 3. The number of ether oxygens (including phenoxy) is 1. The Labute approximate surface area is 314 Å². The third-order valence-electron chi connectivity index (χ3n) is 8.23. The van der Waals surface area contributed by atoms with E-state index in [2.05, 4.69) is 10.6 Å². The van der Waals surface area contributed by atoms with Gasteiger partial charge in [0.05, 0.1) is 5.25 Å². The lowest BCUT2D eigenvalue weighted by Gasteiger charge is -2.27. The van der Waals surface area contributed by atoms with Crippen molar-refractivity contribution < 1.29 is 19.1 Å². The lowest BCUT2D eigenvalue weighted by molar-refractivity contribution is -0.117. The van der Waals surface area contributed by atoms with Gasteiger partial charge < -0.3 is 15.4 Å². The van der Waals surface area contributed by atoms with E-state index >= 15 is 0 Å². The number of hydrogen-bond acceptors (Lipinski definition) is 5. The summed E-state index contributed by atoms with van der Waals surface area (Å²) in [7, 11) is 0. The Morgan fingerprint density at radius 1 is 0.698 bits per heavy atom. The number of rotatable bonds is 14. The molecule has 0 saturated heterocycles. The third kappa shape index (κ3) is 10.1. The van der Waals surface area contributed by atoms with Crippen molar-refractivity contribution in [1.82, 2.24) is 5.32 Å². The zero-order chi connectivity index (χ0) is 36.8. The number of nitrogens with zero attached hydrogens (tertiary/aromatic N) is 1. The molecule has 0 fully saturated rings. The summed E-state index contributed by atoms with van der Waals surface area (Å²) in [6.07, 6.45) is 2.22. The SMILES string of the molecule is CCC(Sc1cccc(NC(=O)/C(=C/c2ccc(OCc3ccccc3)cc2)NC(=O)c2ccccc2)c1)C(=O)N(c1ccccc1)c1ccccc1. The number of carbonyl (C=O) groups is 3. The van der Waals surface area contributed by atoms with E-state index in [0.29, 0.717) is 35.6 Å². The van der Waals surface area contributed by atoms with Crippen LogP contribution in [0.2, 0.25) is 0 Å². The van der Waals surface area contributed by atoms with Crippen molar-refractivity contribution in [2.24, 2.45) is 0 Å². The molecule has 0 aliphatic rings. The van der Waals surface area contributed by atoms with Crippen LogP contribution in [0.1, 0.15) is 34.8 Å². The van der Waals surface area contributed by atoms with Gasteiger partial charge >= 0.3 is 0 Å². The number of carbonyl (C=O) groups excluding carboxylic acids is 3. The number of nitrogens with one attached hydrogen (secondary N) is 2. The quantitative estimate of drug-likeness (QED) is 0.0866. The number of hydrogen-bond donors (Lipinski definition) is 2. The van der Waals surface area contributed by atoms with Crippen LogP contribution in [0, 0.1) is 0 Å². The second-order valence-corrected chi connectivity index (χ2v) is 13.3. The van der Waals surface area contributed by atoms with Crippen LogP contribution in [0.15, 0.2) is 180 Å². The number of para-hydroxylation sites is 2. The zero-order valence-corrected chi connectivity index (χ0v) is 30.0. The van der Waals surface area contributed by atoms with E-state index in [0.717, 1.165) is 21.8 Å². The zero-order valence-electron chi connectivity index (χ0n) is 29.2. The summed E-state index contributed by atoms with van der Waals surface area (Å²) in [4.78, 5) is 43.7. The highest BCUT2D eigenvalue weighted by Crippen LogP contribution is 2.33.